The molecule has 160 valence electrons. The van der Waals surface area contributed by atoms with Crippen molar-refractivity contribution in [3.8, 4) is 5.75 Å². The normalized spacial score (nSPS) is 14.3. The number of fused-ring (bicyclic) bond motifs is 1. The van der Waals surface area contributed by atoms with E-state index in [0.29, 0.717) is 23.6 Å². The first kappa shape index (κ1) is 22.2. The zero-order valence-corrected chi connectivity index (χ0v) is 17.9. The molecule has 2 aromatic carbocycles. The lowest BCUT2D eigenvalue weighted by Gasteiger charge is -2.26. The minimum Gasteiger partial charge on any atom is -0.493 e. The second-order valence-corrected chi connectivity index (χ2v) is 7.16. The summed E-state index contributed by atoms with van der Waals surface area (Å²) in [6.45, 7) is 4.64. The third-order valence-corrected chi connectivity index (χ3v) is 5.22. The number of carbonyl (C=O) groups is 1. The van der Waals surface area contributed by atoms with Gasteiger partial charge in [-0.05, 0) is 29.7 Å². The fraction of sp³-hybridized carbons (Fsp3) is 0.348. The lowest BCUT2D eigenvalue weighted by molar-refractivity contribution is 0.0343. The number of nitrogens with zero attached hydrogens (tertiary/aromatic N) is 1. The molecule has 2 heterocycles. The zero-order chi connectivity index (χ0) is 20.1. The second-order valence-electron chi connectivity index (χ2n) is 7.16. The molecule has 0 radical (unpaired) electrons. The summed E-state index contributed by atoms with van der Waals surface area (Å²) in [5, 5.41) is 3.87. The average Bonchev–Trinajstić information content (AvgIpc) is 3.22. The van der Waals surface area contributed by atoms with E-state index in [2.05, 4.69) is 22.3 Å². The van der Waals surface area contributed by atoms with Gasteiger partial charge in [-0.3, -0.25) is 9.69 Å². The van der Waals surface area contributed by atoms with Gasteiger partial charge in [0.05, 0.1) is 20.3 Å². The summed E-state index contributed by atoms with van der Waals surface area (Å²) in [5.74, 6) is 0.728. The van der Waals surface area contributed by atoms with Crippen LogP contribution in [0.4, 0.5) is 0 Å². The Balaban J connectivity index is 0.00000256. The average molecular weight is 431 g/mol. The summed E-state index contributed by atoms with van der Waals surface area (Å²) in [7, 11) is 1.61. The van der Waals surface area contributed by atoms with Crippen molar-refractivity contribution in [3.63, 3.8) is 0 Å². The molecule has 0 unspecified atom stereocenters. The van der Waals surface area contributed by atoms with E-state index < -0.39 is 0 Å². The number of carbonyl (C=O) groups excluding carboxylic acids is 1. The van der Waals surface area contributed by atoms with E-state index in [1.54, 1.807) is 7.11 Å². The van der Waals surface area contributed by atoms with Gasteiger partial charge < -0.3 is 19.2 Å². The number of ether oxygens (including phenoxy) is 2. The summed E-state index contributed by atoms with van der Waals surface area (Å²) in [4.78, 5) is 15.0. The van der Waals surface area contributed by atoms with Crippen molar-refractivity contribution < 1.29 is 18.7 Å². The monoisotopic (exact) mass is 430 g/mol. The quantitative estimate of drug-likeness (QED) is 0.619. The number of hydrogen-bond acceptors (Lipinski definition) is 5. The predicted octanol–water partition coefficient (Wildman–Crippen LogP) is 3.67. The van der Waals surface area contributed by atoms with Crippen molar-refractivity contribution in [1.82, 2.24) is 10.2 Å². The van der Waals surface area contributed by atoms with Gasteiger partial charge in [0.1, 0.15) is 0 Å². The molecule has 1 N–H and O–H groups in total. The van der Waals surface area contributed by atoms with Crippen LogP contribution in [0.25, 0.3) is 11.0 Å². The van der Waals surface area contributed by atoms with Gasteiger partial charge in [0.15, 0.2) is 17.1 Å². The van der Waals surface area contributed by atoms with Gasteiger partial charge in [-0.25, -0.2) is 0 Å². The lowest BCUT2D eigenvalue weighted by atomic mass is 10.1. The molecule has 0 spiro atoms. The van der Waals surface area contributed by atoms with Crippen LogP contribution in [-0.2, 0) is 17.7 Å². The molecule has 1 aliphatic heterocycles. The topological polar surface area (TPSA) is 63.9 Å². The number of halogens is 1. The summed E-state index contributed by atoms with van der Waals surface area (Å²) in [5.41, 5.74) is 2.92. The van der Waals surface area contributed by atoms with Gasteiger partial charge in [-0.1, -0.05) is 36.4 Å². The summed E-state index contributed by atoms with van der Waals surface area (Å²) in [6.07, 6.45) is 0.776. The summed E-state index contributed by atoms with van der Waals surface area (Å²) >= 11 is 0. The molecule has 0 bridgehead atoms. The van der Waals surface area contributed by atoms with Crippen LogP contribution in [0.1, 0.15) is 21.7 Å². The van der Waals surface area contributed by atoms with Crippen LogP contribution in [0, 0.1) is 0 Å². The van der Waals surface area contributed by atoms with Crippen LogP contribution in [0.5, 0.6) is 5.75 Å². The molecule has 1 aliphatic rings. The van der Waals surface area contributed by atoms with Crippen LogP contribution >= 0.6 is 12.4 Å². The largest absolute Gasteiger partial charge is 0.493 e. The molecule has 0 atom stereocenters. The van der Waals surface area contributed by atoms with Crippen molar-refractivity contribution in [2.75, 3.05) is 40.0 Å². The van der Waals surface area contributed by atoms with Crippen LogP contribution < -0.4 is 10.1 Å². The fourth-order valence-electron chi connectivity index (χ4n) is 3.62. The minimum atomic E-state index is -0.212. The van der Waals surface area contributed by atoms with Crippen molar-refractivity contribution >= 4 is 29.3 Å². The molecule has 3 aromatic rings. The molecular formula is C23H27ClN2O4. The standard InChI is InChI=1S/C23H26N2O4.ClH/c1-27-20-8-7-18(16-25-11-13-28-14-12-25)19-15-21(29-22(19)20)23(26)24-10-9-17-5-3-2-4-6-17;/h2-8,15H,9-14,16H2,1H3,(H,24,26);1H. The first-order valence-corrected chi connectivity index (χ1v) is 9.96. The third kappa shape index (κ3) is 5.14. The fourth-order valence-corrected chi connectivity index (χ4v) is 3.62. The van der Waals surface area contributed by atoms with Crippen molar-refractivity contribution in [1.29, 1.82) is 0 Å². The number of amides is 1. The number of methoxy groups -OCH3 is 1. The van der Waals surface area contributed by atoms with Crippen molar-refractivity contribution in [2.24, 2.45) is 0 Å². The first-order chi connectivity index (χ1) is 14.2. The van der Waals surface area contributed by atoms with Crippen LogP contribution in [-0.4, -0.2) is 50.8 Å². The zero-order valence-electron chi connectivity index (χ0n) is 17.1. The molecule has 0 saturated carbocycles. The Morgan fingerprint density at radius 2 is 1.90 bits per heavy atom. The number of hydrogen-bond donors (Lipinski definition) is 1. The Morgan fingerprint density at radius 1 is 1.13 bits per heavy atom. The van der Waals surface area contributed by atoms with Crippen LogP contribution in [0.15, 0.2) is 52.9 Å². The highest BCUT2D eigenvalue weighted by atomic mass is 35.5. The third-order valence-electron chi connectivity index (χ3n) is 5.22. The number of nitrogens with one attached hydrogen (secondary N) is 1. The SMILES string of the molecule is COc1ccc(CN2CCOCC2)c2cc(C(=O)NCCc3ccccc3)oc12.Cl. The van der Waals surface area contributed by atoms with E-state index in [0.717, 1.165) is 50.2 Å². The van der Waals surface area contributed by atoms with E-state index >= 15 is 0 Å². The predicted molar refractivity (Wildman–Crippen MR) is 119 cm³/mol. The maximum absolute atomic E-state index is 12.6. The van der Waals surface area contributed by atoms with Gasteiger partial charge in [0.2, 0.25) is 0 Å². The number of benzene rings is 2. The molecule has 0 aliphatic carbocycles. The molecule has 1 saturated heterocycles. The molecule has 7 heteroatoms. The van der Waals surface area contributed by atoms with E-state index in [9.17, 15) is 4.79 Å². The second kappa shape index (κ2) is 10.5. The highest BCUT2D eigenvalue weighted by molar-refractivity contribution is 5.98. The van der Waals surface area contributed by atoms with E-state index in [-0.39, 0.29) is 18.3 Å². The van der Waals surface area contributed by atoms with Gasteiger partial charge >= 0.3 is 0 Å². The Kier molecular flexibility index (Phi) is 7.74. The van der Waals surface area contributed by atoms with Crippen molar-refractivity contribution in [2.45, 2.75) is 13.0 Å². The van der Waals surface area contributed by atoms with Gasteiger partial charge in [0, 0.05) is 31.6 Å². The van der Waals surface area contributed by atoms with E-state index in [1.165, 1.54) is 5.56 Å². The molecule has 1 fully saturated rings. The first-order valence-electron chi connectivity index (χ1n) is 9.96. The maximum atomic E-state index is 12.6. The molecular weight excluding hydrogens is 404 g/mol. The number of furan rings is 1. The van der Waals surface area contributed by atoms with Crippen LogP contribution in [0.2, 0.25) is 0 Å². The summed E-state index contributed by atoms with van der Waals surface area (Å²) < 4.78 is 16.8. The Bertz CT molecular complexity index is 968. The molecule has 1 amide bonds. The van der Waals surface area contributed by atoms with Gasteiger partial charge in [0.25, 0.3) is 5.91 Å². The maximum Gasteiger partial charge on any atom is 0.287 e. The molecule has 1 aromatic heterocycles. The number of rotatable bonds is 7. The molecule has 6 nitrogen and oxygen atoms in total. The van der Waals surface area contributed by atoms with Gasteiger partial charge in [-0.2, -0.15) is 0 Å². The van der Waals surface area contributed by atoms with Crippen LogP contribution in [0.3, 0.4) is 0 Å². The smallest absolute Gasteiger partial charge is 0.287 e. The van der Waals surface area contributed by atoms with Crippen molar-refractivity contribution in [3.05, 3.63) is 65.4 Å². The Hall–Kier alpha value is -2.54. The molecule has 30 heavy (non-hydrogen) atoms. The molecule has 4 rings (SSSR count). The number of morpholine rings is 1. The van der Waals surface area contributed by atoms with E-state index in [1.807, 2.05) is 36.4 Å². The Labute approximate surface area is 182 Å². The Morgan fingerprint density at radius 3 is 2.63 bits per heavy atom. The highest BCUT2D eigenvalue weighted by Gasteiger charge is 2.19. The highest BCUT2D eigenvalue weighted by Crippen LogP contribution is 2.32. The van der Waals surface area contributed by atoms with Gasteiger partial charge in [-0.15, -0.1) is 12.4 Å². The lowest BCUT2D eigenvalue weighted by Crippen LogP contribution is -2.35. The minimum absolute atomic E-state index is 0. The summed E-state index contributed by atoms with van der Waals surface area (Å²) in [6, 6.07) is 15.9. The van der Waals surface area contributed by atoms with E-state index in [4.69, 9.17) is 13.9 Å².